The molecule has 0 unspecified atom stereocenters. The van der Waals surface area contributed by atoms with Crippen LogP contribution in [0.4, 0.5) is 0 Å². The minimum Gasteiger partial charge on any atom is -0.471 e. The van der Waals surface area contributed by atoms with Crippen molar-refractivity contribution >= 4 is 5.91 Å². The van der Waals surface area contributed by atoms with Crippen LogP contribution in [0.3, 0.4) is 0 Å². The Morgan fingerprint density at radius 1 is 1.30 bits per heavy atom. The van der Waals surface area contributed by atoms with Gasteiger partial charge in [-0.2, -0.15) is 5.10 Å². The molecule has 122 valence electrons. The smallest absolute Gasteiger partial charge is 0.274 e. The standard InChI is InChI=1S/C18H23N3O2/c1-14-7-3-4-9-17(14)23-13-20-12-10-16(19-20)18(22)21-11-6-5-8-15(21)2/h3-4,7,9-10,12,15H,5-6,8,11,13H2,1-2H3/t15-/m1/s1. The largest absolute Gasteiger partial charge is 0.471 e. The van der Waals surface area contributed by atoms with Gasteiger partial charge < -0.3 is 9.64 Å². The molecule has 0 saturated carbocycles. The van der Waals surface area contributed by atoms with Gasteiger partial charge in [0.05, 0.1) is 0 Å². The molecule has 1 aliphatic heterocycles. The number of carbonyl (C=O) groups is 1. The molecule has 1 aliphatic rings. The molecular weight excluding hydrogens is 290 g/mol. The van der Waals surface area contributed by atoms with Gasteiger partial charge in [-0.3, -0.25) is 4.79 Å². The van der Waals surface area contributed by atoms with Crippen molar-refractivity contribution in [3.05, 3.63) is 47.8 Å². The number of aromatic nitrogens is 2. The minimum absolute atomic E-state index is 0.0202. The Morgan fingerprint density at radius 3 is 2.91 bits per heavy atom. The Morgan fingerprint density at radius 2 is 2.13 bits per heavy atom. The fourth-order valence-electron chi connectivity index (χ4n) is 2.95. The Labute approximate surface area is 136 Å². The number of hydrogen-bond donors (Lipinski definition) is 0. The lowest BCUT2D eigenvalue weighted by atomic mass is 10.0. The molecule has 2 aromatic rings. The number of likely N-dealkylation sites (tertiary alicyclic amines) is 1. The zero-order chi connectivity index (χ0) is 16.2. The third-order valence-corrected chi connectivity index (χ3v) is 4.37. The molecule has 0 N–H and O–H groups in total. The molecule has 5 heteroatoms. The predicted molar refractivity (Wildman–Crippen MR) is 88.4 cm³/mol. The zero-order valence-corrected chi connectivity index (χ0v) is 13.7. The van der Waals surface area contributed by atoms with E-state index in [1.807, 2.05) is 36.1 Å². The second-order valence-electron chi connectivity index (χ2n) is 6.12. The van der Waals surface area contributed by atoms with Crippen LogP contribution in [-0.4, -0.2) is 33.2 Å². The van der Waals surface area contributed by atoms with E-state index in [1.165, 1.54) is 6.42 Å². The second-order valence-corrected chi connectivity index (χ2v) is 6.12. The molecule has 1 fully saturated rings. The van der Waals surface area contributed by atoms with Gasteiger partial charge >= 0.3 is 0 Å². The number of ether oxygens (including phenoxy) is 1. The Kier molecular flexibility index (Phi) is 4.65. The van der Waals surface area contributed by atoms with E-state index in [2.05, 4.69) is 12.0 Å². The summed E-state index contributed by atoms with van der Waals surface area (Å²) in [6, 6.07) is 9.92. The summed E-state index contributed by atoms with van der Waals surface area (Å²) in [5, 5.41) is 4.37. The number of nitrogens with zero attached hydrogens (tertiary/aromatic N) is 3. The first-order valence-electron chi connectivity index (χ1n) is 8.18. The van der Waals surface area contributed by atoms with Crippen molar-refractivity contribution in [3.63, 3.8) is 0 Å². The number of carbonyl (C=O) groups excluding carboxylic acids is 1. The highest BCUT2D eigenvalue weighted by Gasteiger charge is 2.25. The summed E-state index contributed by atoms with van der Waals surface area (Å²) in [6.07, 6.45) is 5.14. The number of piperidine rings is 1. The van der Waals surface area contributed by atoms with Crippen molar-refractivity contribution in [2.45, 2.75) is 45.9 Å². The molecule has 5 nitrogen and oxygen atoms in total. The maximum Gasteiger partial charge on any atom is 0.274 e. The highest BCUT2D eigenvalue weighted by molar-refractivity contribution is 5.92. The van der Waals surface area contributed by atoms with E-state index in [0.29, 0.717) is 18.5 Å². The number of hydrogen-bond acceptors (Lipinski definition) is 3. The van der Waals surface area contributed by atoms with Crippen LogP contribution in [0.2, 0.25) is 0 Å². The Hall–Kier alpha value is -2.30. The van der Waals surface area contributed by atoms with Gasteiger partial charge in [0.25, 0.3) is 5.91 Å². The van der Waals surface area contributed by atoms with Crippen LogP contribution in [0.25, 0.3) is 0 Å². The molecule has 0 aliphatic carbocycles. The average molecular weight is 313 g/mol. The molecule has 1 amide bonds. The number of amides is 1. The first-order chi connectivity index (χ1) is 11.1. The van der Waals surface area contributed by atoms with Crippen molar-refractivity contribution in [2.24, 2.45) is 0 Å². The molecule has 1 aromatic carbocycles. The SMILES string of the molecule is Cc1ccccc1OCn1ccc(C(=O)N2CCCC[C@H]2C)n1. The summed E-state index contributed by atoms with van der Waals surface area (Å²) in [4.78, 5) is 14.5. The molecule has 1 aromatic heterocycles. The third kappa shape index (κ3) is 3.55. The fourth-order valence-corrected chi connectivity index (χ4v) is 2.95. The fraction of sp³-hybridized carbons (Fsp3) is 0.444. The number of rotatable bonds is 4. The lowest BCUT2D eigenvalue weighted by Crippen LogP contribution is -2.42. The first kappa shape index (κ1) is 15.6. The van der Waals surface area contributed by atoms with Crippen molar-refractivity contribution in [3.8, 4) is 5.75 Å². The van der Waals surface area contributed by atoms with Crippen LogP contribution in [0.5, 0.6) is 5.75 Å². The molecule has 1 atom stereocenters. The van der Waals surface area contributed by atoms with Gasteiger partial charge in [-0.25, -0.2) is 4.68 Å². The molecule has 0 spiro atoms. The summed E-state index contributed by atoms with van der Waals surface area (Å²) in [6.45, 7) is 5.24. The van der Waals surface area contributed by atoms with Gasteiger partial charge in [0.1, 0.15) is 5.75 Å². The van der Waals surface area contributed by atoms with Crippen LogP contribution in [0.15, 0.2) is 36.5 Å². The molecule has 1 saturated heterocycles. The average Bonchev–Trinajstić information content (AvgIpc) is 3.03. The third-order valence-electron chi connectivity index (χ3n) is 4.37. The van der Waals surface area contributed by atoms with E-state index in [9.17, 15) is 4.79 Å². The summed E-state index contributed by atoms with van der Waals surface area (Å²) in [7, 11) is 0. The number of aryl methyl sites for hydroxylation is 1. The van der Waals surface area contributed by atoms with Gasteiger partial charge in [-0.05, 0) is 50.8 Å². The highest BCUT2D eigenvalue weighted by atomic mass is 16.5. The molecule has 0 radical (unpaired) electrons. The van der Waals surface area contributed by atoms with E-state index in [4.69, 9.17) is 4.74 Å². The maximum atomic E-state index is 12.6. The van der Waals surface area contributed by atoms with Gasteiger partial charge in [-0.1, -0.05) is 18.2 Å². The topological polar surface area (TPSA) is 47.4 Å². The van der Waals surface area contributed by atoms with Crippen LogP contribution in [0, 0.1) is 6.92 Å². The van der Waals surface area contributed by atoms with Crippen LogP contribution in [0.1, 0.15) is 42.2 Å². The summed E-state index contributed by atoms with van der Waals surface area (Å²) in [5.74, 6) is 0.854. The number of benzene rings is 1. The van der Waals surface area contributed by atoms with E-state index in [-0.39, 0.29) is 5.91 Å². The zero-order valence-electron chi connectivity index (χ0n) is 13.7. The van der Waals surface area contributed by atoms with E-state index in [0.717, 1.165) is 30.7 Å². The molecule has 0 bridgehead atoms. The Balaban J connectivity index is 1.63. The summed E-state index contributed by atoms with van der Waals surface area (Å²) >= 11 is 0. The molecule has 2 heterocycles. The maximum absolute atomic E-state index is 12.6. The van der Waals surface area contributed by atoms with Gasteiger partial charge in [0.15, 0.2) is 12.4 Å². The normalized spacial score (nSPS) is 18.0. The highest BCUT2D eigenvalue weighted by Crippen LogP contribution is 2.19. The van der Waals surface area contributed by atoms with E-state index < -0.39 is 0 Å². The summed E-state index contributed by atoms with van der Waals surface area (Å²) in [5.41, 5.74) is 1.57. The van der Waals surface area contributed by atoms with Gasteiger partial charge in [-0.15, -0.1) is 0 Å². The van der Waals surface area contributed by atoms with Crippen LogP contribution in [-0.2, 0) is 6.73 Å². The van der Waals surface area contributed by atoms with Crippen molar-refractivity contribution < 1.29 is 9.53 Å². The summed E-state index contributed by atoms with van der Waals surface area (Å²) < 4.78 is 7.42. The molecule has 3 rings (SSSR count). The monoisotopic (exact) mass is 313 g/mol. The predicted octanol–water partition coefficient (Wildman–Crippen LogP) is 3.24. The van der Waals surface area contributed by atoms with E-state index >= 15 is 0 Å². The first-order valence-corrected chi connectivity index (χ1v) is 8.18. The second kappa shape index (κ2) is 6.86. The lowest BCUT2D eigenvalue weighted by Gasteiger charge is -2.32. The number of para-hydroxylation sites is 1. The quantitative estimate of drug-likeness (QED) is 0.870. The van der Waals surface area contributed by atoms with Gasteiger partial charge in [0.2, 0.25) is 0 Å². The minimum atomic E-state index is 0.0202. The molecular formula is C18H23N3O2. The lowest BCUT2D eigenvalue weighted by molar-refractivity contribution is 0.0627. The van der Waals surface area contributed by atoms with E-state index in [1.54, 1.807) is 16.9 Å². The van der Waals surface area contributed by atoms with Crippen molar-refractivity contribution in [1.29, 1.82) is 0 Å². The van der Waals surface area contributed by atoms with Crippen molar-refractivity contribution in [2.75, 3.05) is 6.54 Å². The molecule has 23 heavy (non-hydrogen) atoms. The van der Waals surface area contributed by atoms with Crippen LogP contribution >= 0.6 is 0 Å². The van der Waals surface area contributed by atoms with Gasteiger partial charge in [0, 0.05) is 18.8 Å². The van der Waals surface area contributed by atoms with Crippen LogP contribution < -0.4 is 4.74 Å². The Bertz CT molecular complexity index is 680. The van der Waals surface area contributed by atoms with Crippen molar-refractivity contribution in [1.82, 2.24) is 14.7 Å².